The number of hydrogen-bond acceptors (Lipinski definition) is 2. The molecule has 0 heterocycles. The zero-order valence-corrected chi connectivity index (χ0v) is 9.37. The maximum absolute atomic E-state index is 13.0. The molecule has 16 heavy (non-hydrogen) atoms. The quantitative estimate of drug-likeness (QED) is 0.839. The van der Waals surface area contributed by atoms with Gasteiger partial charge in [-0.2, -0.15) is 0 Å². The first-order valence-corrected chi connectivity index (χ1v) is 5.10. The topological polar surface area (TPSA) is 46.5 Å². The molecule has 1 aromatic carbocycles. The monoisotopic (exact) mass is 226 g/mol. The first-order valence-electron chi connectivity index (χ1n) is 5.10. The Labute approximate surface area is 93.9 Å². The number of ether oxygens (including phenoxy) is 1. The summed E-state index contributed by atoms with van der Waals surface area (Å²) in [4.78, 5) is 10.7. The van der Waals surface area contributed by atoms with Gasteiger partial charge in [0, 0.05) is 6.61 Å². The molecular weight excluding hydrogens is 211 g/mol. The molecule has 0 amide bonds. The molecule has 0 aliphatic rings. The predicted molar refractivity (Wildman–Crippen MR) is 57.9 cm³/mol. The maximum Gasteiger partial charge on any atom is 0.338 e. The minimum atomic E-state index is -1.26. The van der Waals surface area contributed by atoms with Crippen LogP contribution in [0.15, 0.2) is 18.2 Å². The molecule has 0 atom stereocenters. The van der Waals surface area contributed by atoms with Gasteiger partial charge in [-0.05, 0) is 23.6 Å². The highest BCUT2D eigenvalue weighted by Crippen LogP contribution is 2.12. The second-order valence-corrected chi connectivity index (χ2v) is 4.03. The van der Waals surface area contributed by atoms with Crippen molar-refractivity contribution in [3.8, 4) is 0 Å². The molecule has 0 unspecified atom stereocenters. The second-order valence-electron chi connectivity index (χ2n) is 4.03. The van der Waals surface area contributed by atoms with Gasteiger partial charge in [0.2, 0.25) is 0 Å². The van der Waals surface area contributed by atoms with E-state index in [1.54, 1.807) is 0 Å². The lowest BCUT2D eigenvalue weighted by Gasteiger charge is -2.07. The predicted octanol–water partition coefficient (Wildman–Crippen LogP) is 2.70. The lowest BCUT2D eigenvalue weighted by atomic mass is 10.1. The van der Waals surface area contributed by atoms with E-state index in [-0.39, 0.29) is 5.56 Å². The molecule has 0 bridgehead atoms. The molecule has 3 nitrogen and oxygen atoms in total. The van der Waals surface area contributed by atoms with E-state index in [0.29, 0.717) is 24.7 Å². The van der Waals surface area contributed by atoms with Gasteiger partial charge in [-0.25, -0.2) is 9.18 Å². The number of hydrogen-bond donors (Lipinski definition) is 1. The Balaban J connectivity index is 2.68. The van der Waals surface area contributed by atoms with Crippen molar-refractivity contribution in [3.05, 3.63) is 35.1 Å². The molecule has 1 aromatic rings. The van der Waals surface area contributed by atoms with Gasteiger partial charge in [-0.15, -0.1) is 0 Å². The van der Waals surface area contributed by atoms with Crippen molar-refractivity contribution in [1.82, 2.24) is 0 Å². The lowest BCUT2D eigenvalue weighted by molar-refractivity contribution is 0.0690. The van der Waals surface area contributed by atoms with Crippen LogP contribution in [-0.4, -0.2) is 17.7 Å². The Kier molecular flexibility index (Phi) is 4.43. The van der Waals surface area contributed by atoms with Crippen LogP contribution in [0.1, 0.15) is 29.8 Å². The van der Waals surface area contributed by atoms with Crippen molar-refractivity contribution in [1.29, 1.82) is 0 Å². The zero-order chi connectivity index (χ0) is 12.1. The summed E-state index contributed by atoms with van der Waals surface area (Å²) >= 11 is 0. The van der Waals surface area contributed by atoms with Crippen molar-refractivity contribution in [2.24, 2.45) is 5.92 Å². The molecule has 0 spiro atoms. The summed E-state index contributed by atoms with van der Waals surface area (Å²) in [5, 5.41) is 8.72. The summed E-state index contributed by atoms with van der Waals surface area (Å²) in [5.41, 5.74) is 0.352. The largest absolute Gasteiger partial charge is 0.478 e. The number of carboxylic acids is 1. The fraction of sp³-hybridized carbons (Fsp3) is 0.417. The minimum absolute atomic E-state index is 0.304. The van der Waals surface area contributed by atoms with Gasteiger partial charge < -0.3 is 9.84 Å². The van der Waals surface area contributed by atoms with Gasteiger partial charge in [-0.3, -0.25) is 0 Å². The molecular formula is C12H15FO3. The minimum Gasteiger partial charge on any atom is -0.478 e. The van der Waals surface area contributed by atoms with E-state index >= 15 is 0 Å². The average molecular weight is 226 g/mol. The van der Waals surface area contributed by atoms with Gasteiger partial charge in [0.1, 0.15) is 5.82 Å². The molecule has 0 aliphatic heterocycles. The van der Waals surface area contributed by atoms with Crippen molar-refractivity contribution in [2.45, 2.75) is 20.5 Å². The number of halogens is 1. The van der Waals surface area contributed by atoms with Crippen LogP contribution in [0, 0.1) is 11.7 Å². The standard InChI is InChI=1S/C12H15FO3/c1-8(2)6-16-7-9-3-4-11(13)10(5-9)12(14)15/h3-5,8H,6-7H2,1-2H3,(H,14,15). The van der Waals surface area contributed by atoms with E-state index in [2.05, 4.69) is 0 Å². The SMILES string of the molecule is CC(C)COCc1ccc(F)c(C(=O)O)c1. The van der Waals surface area contributed by atoms with Crippen LogP contribution in [0.25, 0.3) is 0 Å². The van der Waals surface area contributed by atoms with Crippen molar-refractivity contribution >= 4 is 5.97 Å². The molecule has 0 fully saturated rings. The molecule has 0 radical (unpaired) electrons. The third-order valence-corrected chi connectivity index (χ3v) is 1.98. The van der Waals surface area contributed by atoms with Crippen molar-refractivity contribution in [2.75, 3.05) is 6.61 Å². The van der Waals surface area contributed by atoms with Gasteiger partial charge >= 0.3 is 5.97 Å². The summed E-state index contributed by atoms with van der Waals surface area (Å²) in [6, 6.07) is 3.98. The number of aromatic carboxylic acids is 1. The Morgan fingerprint density at radius 1 is 1.50 bits per heavy atom. The van der Waals surface area contributed by atoms with Crippen molar-refractivity contribution < 1.29 is 19.0 Å². The Morgan fingerprint density at radius 2 is 2.19 bits per heavy atom. The fourth-order valence-electron chi connectivity index (χ4n) is 1.24. The average Bonchev–Trinajstić information content (AvgIpc) is 2.19. The van der Waals surface area contributed by atoms with Crippen LogP contribution in [0.4, 0.5) is 4.39 Å². The van der Waals surface area contributed by atoms with E-state index in [1.165, 1.54) is 12.1 Å². The zero-order valence-electron chi connectivity index (χ0n) is 9.37. The van der Waals surface area contributed by atoms with Crippen LogP contribution in [0.2, 0.25) is 0 Å². The number of rotatable bonds is 5. The van der Waals surface area contributed by atoms with Gasteiger partial charge in [-0.1, -0.05) is 19.9 Å². The Bertz CT molecular complexity index is 375. The lowest BCUT2D eigenvalue weighted by Crippen LogP contribution is -2.05. The smallest absolute Gasteiger partial charge is 0.338 e. The van der Waals surface area contributed by atoms with Crippen LogP contribution >= 0.6 is 0 Å². The van der Waals surface area contributed by atoms with E-state index in [4.69, 9.17) is 9.84 Å². The summed E-state index contributed by atoms with van der Waals surface area (Å²) in [7, 11) is 0. The van der Waals surface area contributed by atoms with E-state index < -0.39 is 11.8 Å². The Morgan fingerprint density at radius 3 is 2.75 bits per heavy atom. The van der Waals surface area contributed by atoms with E-state index in [0.717, 1.165) is 6.07 Å². The molecule has 1 rings (SSSR count). The maximum atomic E-state index is 13.0. The third-order valence-electron chi connectivity index (χ3n) is 1.98. The molecule has 0 saturated heterocycles. The summed E-state index contributed by atoms with van der Waals surface area (Å²) in [6.07, 6.45) is 0. The molecule has 88 valence electrons. The second kappa shape index (κ2) is 5.61. The first kappa shape index (κ1) is 12.6. The summed E-state index contributed by atoms with van der Waals surface area (Å²) in [6.45, 7) is 4.94. The molecule has 4 heteroatoms. The fourth-order valence-corrected chi connectivity index (χ4v) is 1.24. The normalized spacial score (nSPS) is 10.8. The third kappa shape index (κ3) is 3.62. The molecule has 0 aromatic heterocycles. The van der Waals surface area contributed by atoms with Crippen LogP contribution in [0.3, 0.4) is 0 Å². The van der Waals surface area contributed by atoms with E-state index in [1.807, 2.05) is 13.8 Å². The van der Waals surface area contributed by atoms with Crippen LogP contribution in [-0.2, 0) is 11.3 Å². The van der Waals surface area contributed by atoms with Gasteiger partial charge in [0.15, 0.2) is 0 Å². The van der Waals surface area contributed by atoms with Gasteiger partial charge in [0.05, 0.1) is 12.2 Å². The van der Waals surface area contributed by atoms with Gasteiger partial charge in [0.25, 0.3) is 0 Å². The highest BCUT2D eigenvalue weighted by Gasteiger charge is 2.10. The Hall–Kier alpha value is -1.42. The molecule has 0 aliphatic carbocycles. The summed E-state index contributed by atoms with van der Waals surface area (Å²) in [5.74, 6) is -1.57. The number of carbonyl (C=O) groups is 1. The van der Waals surface area contributed by atoms with E-state index in [9.17, 15) is 9.18 Å². The highest BCUT2D eigenvalue weighted by atomic mass is 19.1. The first-order chi connectivity index (χ1) is 7.50. The van der Waals surface area contributed by atoms with Crippen LogP contribution in [0.5, 0.6) is 0 Å². The highest BCUT2D eigenvalue weighted by molar-refractivity contribution is 5.88. The molecule has 0 saturated carbocycles. The van der Waals surface area contributed by atoms with Crippen molar-refractivity contribution in [3.63, 3.8) is 0 Å². The molecule has 1 N–H and O–H groups in total. The van der Waals surface area contributed by atoms with Crippen LogP contribution < -0.4 is 0 Å². The summed E-state index contributed by atoms with van der Waals surface area (Å²) < 4.78 is 18.4. The number of benzene rings is 1. The number of carboxylic acid groups (broad SMARTS) is 1.